The van der Waals surface area contributed by atoms with Gasteiger partial charge in [-0.05, 0) is 43.3 Å². The van der Waals surface area contributed by atoms with Crippen LogP contribution in [-0.2, 0) is 19.1 Å². The molecule has 0 radical (unpaired) electrons. The van der Waals surface area contributed by atoms with Crippen molar-refractivity contribution in [2.45, 2.75) is 46.6 Å². The fourth-order valence-electron chi connectivity index (χ4n) is 3.22. The SMILES string of the molecule is CC(=O)O[C@@H]1C[C@H]2C(=C(C(C)=O)C(=O)C[C@@H]2C)C=C1C. The zero-order valence-electron chi connectivity index (χ0n) is 12.4. The Morgan fingerprint density at radius 1 is 1.30 bits per heavy atom. The van der Waals surface area contributed by atoms with E-state index in [1.807, 2.05) is 19.9 Å². The van der Waals surface area contributed by atoms with Gasteiger partial charge in [-0.25, -0.2) is 0 Å². The molecule has 0 heterocycles. The number of carbonyl (C=O) groups excluding carboxylic acids is 3. The molecule has 2 rings (SSSR count). The molecular weight excluding hydrogens is 256 g/mol. The van der Waals surface area contributed by atoms with E-state index in [0.717, 1.165) is 11.1 Å². The third-order valence-electron chi connectivity index (χ3n) is 4.18. The number of Topliss-reactive ketones (excluding diaryl/α,β-unsaturated/α-hetero) is 2. The molecule has 0 aromatic carbocycles. The van der Waals surface area contributed by atoms with E-state index < -0.39 is 0 Å². The summed E-state index contributed by atoms with van der Waals surface area (Å²) >= 11 is 0. The van der Waals surface area contributed by atoms with Gasteiger partial charge in [0.2, 0.25) is 0 Å². The number of ketones is 2. The van der Waals surface area contributed by atoms with Crippen LogP contribution < -0.4 is 0 Å². The molecule has 0 N–H and O–H groups in total. The van der Waals surface area contributed by atoms with Gasteiger partial charge in [-0.2, -0.15) is 0 Å². The molecule has 0 bridgehead atoms. The molecule has 0 saturated heterocycles. The Hall–Kier alpha value is -1.71. The second kappa shape index (κ2) is 5.35. The third kappa shape index (κ3) is 2.60. The molecule has 3 atom stereocenters. The van der Waals surface area contributed by atoms with Crippen molar-refractivity contribution in [3.63, 3.8) is 0 Å². The Kier molecular flexibility index (Phi) is 3.93. The van der Waals surface area contributed by atoms with Crippen LogP contribution in [0.1, 0.15) is 40.5 Å². The van der Waals surface area contributed by atoms with Crippen molar-refractivity contribution in [3.05, 3.63) is 22.8 Å². The normalized spacial score (nSPS) is 29.7. The molecule has 0 aromatic heterocycles. The van der Waals surface area contributed by atoms with Gasteiger partial charge in [0.1, 0.15) is 6.10 Å². The molecule has 0 amide bonds. The molecule has 20 heavy (non-hydrogen) atoms. The highest BCUT2D eigenvalue weighted by Gasteiger charge is 2.39. The van der Waals surface area contributed by atoms with Gasteiger partial charge in [0.25, 0.3) is 0 Å². The van der Waals surface area contributed by atoms with Crippen molar-refractivity contribution < 1.29 is 19.1 Å². The number of hydrogen-bond donors (Lipinski definition) is 0. The fraction of sp³-hybridized carbons (Fsp3) is 0.562. The summed E-state index contributed by atoms with van der Waals surface area (Å²) in [7, 11) is 0. The fourth-order valence-corrected chi connectivity index (χ4v) is 3.22. The van der Waals surface area contributed by atoms with Gasteiger partial charge in [0.15, 0.2) is 11.6 Å². The Balaban J connectivity index is 2.47. The first-order valence-electron chi connectivity index (χ1n) is 6.95. The van der Waals surface area contributed by atoms with Crippen LogP contribution in [0.4, 0.5) is 0 Å². The lowest BCUT2D eigenvalue weighted by Crippen LogP contribution is -2.35. The van der Waals surface area contributed by atoms with E-state index in [1.165, 1.54) is 13.8 Å². The summed E-state index contributed by atoms with van der Waals surface area (Å²) in [4.78, 5) is 35.0. The van der Waals surface area contributed by atoms with Crippen LogP contribution in [0, 0.1) is 11.8 Å². The lowest BCUT2D eigenvalue weighted by Gasteiger charge is -2.37. The number of ether oxygens (including phenoxy) is 1. The van der Waals surface area contributed by atoms with Crippen LogP contribution in [-0.4, -0.2) is 23.6 Å². The first-order chi connectivity index (χ1) is 9.31. The average molecular weight is 276 g/mol. The minimum Gasteiger partial charge on any atom is -0.458 e. The predicted octanol–water partition coefficient (Wildman–Crippen LogP) is 2.38. The van der Waals surface area contributed by atoms with E-state index in [0.29, 0.717) is 18.4 Å². The second-order valence-corrected chi connectivity index (χ2v) is 5.82. The molecule has 0 unspecified atom stereocenters. The summed E-state index contributed by atoms with van der Waals surface area (Å²) in [6.45, 7) is 6.72. The number of carbonyl (C=O) groups is 3. The maximum Gasteiger partial charge on any atom is 0.303 e. The molecule has 4 nitrogen and oxygen atoms in total. The average Bonchev–Trinajstić information content (AvgIpc) is 2.30. The smallest absolute Gasteiger partial charge is 0.303 e. The van der Waals surface area contributed by atoms with E-state index in [-0.39, 0.29) is 35.5 Å². The Morgan fingerprint density at radius 2 is 1.95 bits per heavy atom. The standard InChI is InChI=1S/C16H20O4/c1-8-6-14(19)16(10(3)17)13-5-9(2)15(7-12(8)13)20-11(4)18/h5,8,12,15H,6-7H2,1-4H3/t8-,12+,15+/m0/s1. The van der Waals surface area contributed by atoms with Crippen LogP contribution in [0.15, 0.2) is 22.8 Å². The van der Waals surface area contributed by atoms with Gasteiger partial charge in [-0.15, -0.1) is 0 Å². The van der Waals surface area contributed by atoms with Crippen molar-refractivity contribution in [1.82, 2.24) is 0 Å². The van der Waals surface area contributed by atoms with Crippen molar-refractivity contribution in [2.75, 3.05) is 0 Å². The van der Waals surface area contributed by atoms with Crippen LogP contribution in [0.25, 0.3) is 0 Å². The van der Waals surface area contributed by atoms with Crippen LogP contribution in [0.2, 0.25) is 0 Å². The molecule has 4 heteroatoms. The number of rotatable bonds is 2. The van der Waals surface area contributed by atoms with Gasteiger partial charge in [-0.3, -0.25) is 14.4 Å². The van der Waals surface area contributed by atoms with E-state index in [4.69, 9.17) is 4.74 Å². The van der Waals surface area contributed by atoms with Crippen molar-refractivity contribution in [1.29, 1.82) is 0 Å². The highest BCUT2D eigenvalue weighted by molar-refractivity contribution is 6.21. The number of allylic oxidation sites excluding steroid dienone is 3. The number of hydrogen-bond acceptors (Lipinski definition) is 4. The van der Waals surface area contributed by atoms with Crippen molar-refractivity contribution >= 4 is 17.5 Å². The van der Waals surface area contributed by atoms with E-state index in [9.17, 15) is 14.4 Å². The van der Waals surface area contributed by atoms with Crippen LogP contribution in [0.5, 0.6) is 0 Å². The maximum absolute atomic E-state index is 12.1. The molecule has 2 aliphatic rings. The lowest BCUT2D eigenvalue weighted by molar-refractivity contribution is -0.145. The molecule has 108 valence electrons. The van der Waals surface area contributed by atoms with Crippen LogP contribution in [0.3, 0.4) is 0 Å². The third-order valence-corrected chi connectivity index (χ3v) is 4.18. The van der Waals surface area contributed by atoms with Gasteiger partial charge in [0, 0.05) is 13.3 Å². The van der Waals surface area contributed by atoms with Gasteiger partial charge in [-0.1, -0.05) is 13.0 Å². The molecular formula is C16H20O4. The van der Waals surface area contributed by atoms with Gasteiger partial charge in [0.05, 0.1) is 5.57 Å². The molecule has 0 aromatic rings. The zero-order valence-corrected chi connectivity index (χ0v) is 12.4. The summed E-state index contributed by atoms with van der Waals surface area (Å²) in [5.74, 6) is -0.257. The zero-order chi connectivity index (χ0) is 15.0. The van der Waals surface area contributed by atoms with Gasteiger partial charge < -0.3 is 4.74 Å². The lowest BCUT2D eigenvalue weighted by atomic mass is 9.68. The summed E-state index contributed by atoms with van der Waals surface area (Å²) in [5.41, 5.74) is 2.07. The summed E-state index contributed by atoms with van der Waals surface area (Å²) in [6, 6.07) is 0. The Bertz CT molecular complexity index is 539. The quantitative estimate of drug-likeness (QED) is 0.574. The van der Waals surface area contributed by atoms with Crippen LogP contribution >= 0.6 is 0 Å². The minimum atomic E-state index is -0.304. The monoisotopic (exact) mass is 276 g/mol. The number of fused-ring (bicyclic) bond motifs is 1. The number of esters is 1. The summed E-state index contributed by atoms with van der Waals surface area (Å²) in [6.07, 6.45) is 2.67. The van der Waals surface area contributed by atoms with Crippen molar-refractivity contribution in [2.24, 2.45) is 11.8 Å². The Morgan fingerprint density at radius 3 is 2.50 bits per heavy atom. The summed E-state index contributed by atoms with van der Waals surface area (Å²) in [5, 5.41) is 0. The molecule has 0 saturated carbocycles. The first kappa shape index (κ1) is 14.7. The highest BCUT2D eigenvalue weighted by atomic mass is 16.5. The Labute approximate surface area is 118 Å². The van der Waals surface area contributed by atoms with E-state index in [2.05, 4.69) is 0 Å². The molecule has 2 aliphatic carbocycles. The summed E-state index contributed by atoms with van der Waals surface area (Å²) < 4.78 is 5.32. The first-order valence-corrected chi connectivity index (χ1v) is 6.95. The minimum absolute atomic E-state index is 0.0637. The second-order valence-electron chi connectivity index (χ2n) is 5.82. The largest absolute Gasteiger partial charge is 0.458 e. The van der Waals surface area contributed by atoms with E-state index in [1.54, 1.807) is 0 Å². The topological polar surface area (TPSA) is 60.4 Å². The van der Waals surface area contributed by atoms with Gasteiger partial charge >= 0.3 is 5.97 Å². The van der Waals surface area contributed by atoms with Crippen molar-refractivity contribution in [3.8, 4) is 0 Å². The molecule has 0 fully saturated rings. The molecule has 0 aliphatic heterocycles. The van der Waals surface area contributed by atoms with E-state index >= 15 is 0 Å². The maximum atomic E-state index is 12.1. The highest BCUT2D eigenvalue weighted by Crippen LogP contribution is 2.42. The molecule has 0 spiro atoms. The predicted molar refractivity (Wildman–Crippen MR) is 73.9 cm³/mol.